The molecular formula is C12H24N2O2S. The number of hydrogen-bond acceptors (Lipinski definition) is 3. The standard InChI is InChI=1S/C12H24N2O2S/c13-9-12(7-3-4-8-12)10-14-17(15,16)11-5-1-2-6-11/h11,14H,1-10,13H2. The Morgan fingerprint density at radius 2 is 1.71 bits per heavy atom. The molecule has 5 heteroatoms. The molecule has 0 aromatic rings. The summed E-state index contributed by atoms with van der Waals surface area (Å²) in [6.45, 7) is 1.14. The van der Waals surface area contributed by atoms with Crippen LogP contribution >= 0.6 is 0 Å². The van der Waals surface area contributed by atoms with Gasteiger partial charge in [-0.15, -0.1) is 0 Å². The first-order valence-electron chi connectivity index (χ1n) is 6.77. The third kappa shape index (κ3) is 3.01. The highest BCUT2D eigenvalue weighted by Crippen LogP contribution is 2.36. The third-order valence-electron chi connectivity index (χ3n) is 4.49. The number of nitrogens with two attached hydrogens (primary N) is 1. The van der Waals surface area contributed by atoms with Crippen molar-refractivity contribution in [2.45, 2.75) is 56.6 Å². The molecule has 0 aromatic heterocycles. The molecule has 2 fully saturated rings. The first-order chi connectivity index (χ1) is 8.08. The molecule has 0 unspecified atom stereocenters. The van der Waals surface area contributed by atoms with E-state index < -0.39 is 10.0 Å². The van der Waals surface area contributed by atoms with Crippen molar-refractivity contribution in [3.05, 3.63) is 0 Å². The summed E-state index contributed by atoms with van der Waals surface area (Å²) in [5.74, 6) is 0. The zero-order chi connectivity index (χ0) is 12.4. The fourth-order valence-electron chi connectivity index (χ4n) is 3.15. The van der Waals surface area contributed by atoms with E-state index in [1.54, 1.807) is 0 Å². The number of nitrogens with one attached hydrogen (secondary N) is 1. The van der Waals surface area contributed by atoms with E-state index in [4.69, 9.17) is 5.73 Å². The molecule has 0 aliphatic heterocycles. The maximum absolute atomic E-state index is 12.1. The van der Waals surface area contributed by atoms with Crippen molar-refractivity contribution in [3.8, 4) is 0 Å². The van der Waals surface area contributed by atoms with Gasteiger partial charge in [-0.2, -0.15) is 0 Å². The fraction of sp³-hybridized carbons (Fsp3) is 1.00. The summed E-state index contributed by atoms with van der Waals surface area (Å²) in [7, 11) is -3.10. The van der Waals surface area contributed by atoms with Gasteiger partial charge in [0.05, 0.1) is 5.25 Å². The van der Waals surface area contributed by atoms with Crippen molar-refractivity contribution in [2.75, 3.05) is 13.1 Å². The predicted octanol–water partition coefficient (Wildman–Crippen LogP) is 1.37. The van der Waals surface area contributed by atoms with E-state index >= 15 is 0 Å². The third-order valence-corrected chi connectivity index (χ3v) is 6.38. The molecule has 17 heavy (non-hydrogen) atoms. The highest BCUT2D eigenvalue weighted by Gasteiger charge is 2.35. The van der Waals surface area contributed by atoms with Crippen molar-refractivity contribution < 1.29 is 8.42 Å². The lowest BCUT2D eigenvalue weighted by Crippen LogP contribution is -2.43. The Bertz CT molecular complexity index is 342. The van der Waals surface area contributed by atoms with E-state index in [1.165, 1.54) is 12.8 Å². The molecule has 2 aliphatic carbocycles. The van der Waals surface area contributed by atoms with Crippen molar-refractivity contribution >= 4 is 10.0 Å². The van der Waals surface area contributed by atoms with Crippen molar-refractivity contribution in [1.29, 1.82) is 0 Å². The minimum Gasteiger partial charge on any atom is -0.330 e. The molecule has 0 aromatic carbocycles. The molecular weight excluding hydrogens is 236 g/mol. The van der Waals surface area contributed by atoms with Gasteiger partial charge in [0.15, 0.2) is 0 Å². The van der Waals surface area contributed by atoms with Crippen molar-refractivity contribution in [1.82, 2.24) is 4.72 Å². The zero-order valence-electron chi connectivity index (χ0n) is 10.5. The number of hydrogen-bond donors (Lipinski definition) is 2. The van der Waals surface area contributed by atoms with E-state index in [0.29, 0.717) is 13.1 Å². The summed E-state index contributed by atoms with van der Waals surface area (Å²) in [5, 5.41) is -0.154. The van der Waals surface area contributed by atoms with Crippen LogP contribution in [0.1, 0.15) is 51.4 Å². The van der Waals surface area contributed by atoms with E-state index in [9.17, 15) is 8.42 Å². The normalized spacial score (nSPS) is 25.5. The molecule has 0 amide bonds. The van der Waals surface area contributed by atoms with Gasteiger partial charge in [0.25, 0.3) is 0 Å². The second kappa shape index (κ2) is 5.24. The lowest BCUT2D eigenvalue weighted by atomic mass is 9.87. The van der Waals surface area contributed by atoms with Crippen molar-refractivity contribution in [2.24, 2.45) is 11.1 Å². The van der Waals surface area contributed by atoms with Gasteiger partial charge in [0.2, 0.25) is 10.0 Å². The lowest BCUT2D eigenvalue weighted by Gasteiger charge is -2.28. The molecule has 0 saturated heterocycles. The van der Waals surface area contributed by atoms with Crippen LogP contribution in [0.2, 0.25) is 0 Å². The van der Waals surface area contributed by atoms with Crippen LogP contribution in [0, 0.1) is 5.41 Å². The van der Waals surface area contributed by atoms with Crippen LogP contribution in [0.15, 0.2) is 0 Å². The Kier molecular flexibility index (Phi) is 4.10. The summed E-state index contributed by atoms with van der Waals surface area (Å²) in [4.78, 5) is 0. The van der Waals surface area contributed by atoms with E-state index in [2.05, 4.69) is 4.72 Å². The minimum absolute atomic E-state index is 0.0334. The Hall–Kier alpha value is -0.130. The molecule has 4 nitrogen and oxygen atoms in total. The first kappa shape index (κ1) is 13.3. The second-order valence-corrected chi connectivity index (χ2v) is 7.73. The van der Waals surface area contributed by atoms with E-state index in [0.717, 1.165) is 38.5 Å². The summed E-state index contributed by atoms with van der Waals surface area (Å²) < 4.78 is 27.0. The topological polar surface area (TPSA) is 72.2 Å². The molecule has 0 spiro atoms. The Labute approximate surface area is 104 Å². The zero-order valence-corrected chi connectivity index (χ0v) is 11.3. The van der Waals surface area contributed by atoms with Gasteiger partial charge in [-0.05, 0) is 37.6 Å². The number of sulfonamides is 1. The average Bonchev–Trinajstić information content (AvgIpc) is 2.99. The van der Waals surface area contributed by atoms with Gasteiger partial charge in [-0.25, -0.2) is 13.1 Å². The largest absolute Gasteiger partial charge is 0.330 e. The average molecular weight is 260 g/mol. The lowest BCUT2D eigenvalue weighted by molar-refractivity contribution is 0.309. The SMILES string of the molecule is NCC1(CNS(=O)(=O)C2CCCC2)CCCC1. The molecule has 3 N–H and O–H groups in total. The molecule has 0 atom stereocenters. The predicted molar refractivity (Wildman–Crippen MR) is 69.1 cm³/mol. The highest BCUT2D eigenvalue weighted by molar-refractivity contribution is 7.90. The Balaban J connectivity index is 1.92. The second-order valence-electron chi connectivity index (χ2n) is 5.68. The molecule has 2 saturated carbocycles. The van der Waals surface area contributed by atoms with Crippen LogP contribution in [0.3, 0.4) is 0 Å². The van der Waals surface area contributed by atoms with Gasteiger partial charge in [0.1, 0.15) is 0 Å². The summed E-state index contributed by atoms with van der Waals surface area (Å²) >= 11 is 0. The summed E-state index contributed by atoms with van der Waals surface area (Å²) in [5.41, 5.74) is 5.85. The van der Waals surface area contributed by atoms with Crippen molar-refractivity contribution in [3.63, 3.8) is 0 Å². The monoisotopic (exact) mass is 260 g/mol. The van der Waals surface area contributed by atoms with E-state index in [1.807, 2.05) is 0 Å². The fourth-order valence-corrected chi connectivity index (χ4v) is 4.85. The van der Waals surface area contributed by atoms with Gasteiger partial charge in [-0.3, -0.25) is 0 Å². The van der Waals surface area contributed by atoms with Crippen LogP contribution in [0.4, 0.5) is 0 Å². The minimum atomic E-state index is -3.10. The maximum Gasteiger partial charge on any atom is 0.214 e. The van der Waals surface area contributed by atoms with Gasteiger partial charge in [0, 0.05) is 6.54 Å². The molecule has 2 aliphatic rings. The van der Waals surface area contributed by atoms with Crippen LogP contribution in [-0.2, 0) is 10.0 Å². The highest BCUT2D eigenvalue weighted by atomic mass is 32.2. The first-order valence-corrected chi connectivity index (χ1v) is 8.31. The summed E-state index contributed by atoms with van der Waals surface area (Å²) in [6.07, 6.45) is 8.25. The van der Waals surface area contributed by atoms with Crippen LogP contribution in [-0.4, -0.2) is 26.8 Å². The van der Waals surface area contributed by atoms with Gasteiger partial charge in [-0.1, -0.05) is 25.7 Å². The summed E-state index contributed by atoms with van der Waals surface area (Å²) in [6, 6.07) is 0. The molecule has 0 bridgehead atoms. The molecule has 2 rings (SSSR count). The quantitative estimate of drug-likeness (QED) is 0.784. The van der Waals surface area contributed by atoms with Crippen LogP contribution in [0.25, 0.3) is 0 Å². The Morgan fingerprint density at radius 3 is 2.24 bits per heavy atom. The van der Waals surface area contributed by atoms with E-state index in [-0.39, 0.29) is 10.7 Å². The Morgan fingerprint density at radius 1 is 1.12 bits per heavy atom. The van der Waals surface area contributed by atoms with Gasteiger partial charge >= 0.3 is 0 Å². The number of rotatable bonds is 5. The van der Waals surface area contributed by atoms with Crippen LogP contribution in [0.5, 0.6) is 0 Å². The maximum atomic E-state index is 12.1. The molecule has 0 heterocycles. The molecule has 0 radical (unpaired) electrons. The molecule has 100 valence electrons. The van der Waals surface area contributed by atoms with Crippen LogP contribution < -0.4 is 10.5 Å². The van der Waals surface area contributed by atoms with Gasteiger partial charge < -0.3 is 5.73 Å². The smallest absolute Gasteiger partial charge is 0.214 e.